The Morgan fingerprint density at radius 1 is 1.35 bits per heavy atom. The molecule has 1 aromatic carbocycles. The van der Waals surface area contributed by atoms with Crippen LogP contribution in [0.1, 0.15) is 49.9 Å². The molecule has 5 rings (SSSR count). The predicted molar refractivity (Wildman–Crippen MR) is 175 cm³/mol. The molecule has 2 aromatic rings. The van der Waals surface area contributed by atoms with Gasteiger partial charge in [-0.05, 0) is 50.8 Å². The van der Waals surface area contributed by atoms with Crippen molar-refractivity contribution in [3.8, 4) is 5.75 Å². The summed E-state index contributed by atoms with van der Waals surface area (Å²) in [7, 11) is -5.03. The van der Waals surface area contributed by atoms with E-state index in [2.05, 4.69) is 35.4 Å². The zero-order valence-corrected chi connectivity index (χ0v) is 28.3. The van der Waals surface area contributed by atoms with Gasteiger partial charge in [-0.2, -0.15) is 13.5 Å². The number of nitrogen functional groups attached to an aromatic ring is 1. The summed E-state index contributed by atoms with van der Waals surface area (Å²) in [5.74, 6) is -2.11. The van der Waals surface area contributed by atoms with E-state index in [4.69, 9.17) is 25.6 Å². The van der Waals surface area contributed by atoms with E-state index in [9.17, 15) is 27.9 Å². The topological polar surface area (TPSA) is 282 Å². The largest absolute Gasteiger partial charge is 0.485 e. The molecule has 0 bridgehead atoms. The summed E-state index contributed by atoms with van der Waals surface area (Å²) in [5.41, 5.74) is 9.13. The number of carboxylic acids is 1. The number of rotatable bonds is 12. The molecule has 4 atom stereocenters. The second-order valence-electron chi connectivity index (χ2n) is 12.2. The summed E-state index contributed by atoms with van der Waals surface area (Å²) in [6.07, 6.45) is -0.331. The molecule has 266 valence electrons. The number of benzene rings is 1. The molecule has 49 heavy (non-hydrogen) atoms. The van der Waals surface area contributed by atoms with Crippen LogP contribution >= 0.6 is 11.3 Å². The highest BCUT2D eigenvalue weighted by Gasteiger charge is 2.58. The normalized spacial score (nSPS) is 23.1. The number of nitrogens with one attached hydrogen (secondary N) is 3. The number of hydroxylamine groups is 2. The highest BCUT2D eigenvalue weighted by atomic mass is 32.3. The van der Waals surface area contributed by atoms with Gasteiger partial charge >= 0.3 is 16.4 Å². The van der Waals surface area contributed by atoms with Crippen LogP contribution in [0.15, 0.2) is 33.7 Å². The van der Waals surface area contributed by atoms with Crippen molar-refractivity contribution in [1.29, 1.82) is 0 Å². The van der Waals surface area contributed by atoms with E-state index < -0.39 is 57.2 Å². The molecule has 4 heterocycles. The lowest BCUT2D eigenvalue weighted by atomic mass is 9.84. The van der Waals surface area contributed by atoms with Crippen molar-refractivity contribution >= 4 is 56.3 Å². The van der Waals surface area contributed by atoms with Crippen LogP contribution in [0.2, 0.25) is 0 Å². The molecular weight excluding hydrogens is 686 g/mol. The quantitative estimate of drug-likeness (QED) is 0.0606. The van der Waals surface area contributed by atoms with E-state index in [-0.39, 0.29) is 23.2 Å². The minimum absolute atomic E-state index is 0.0652. The minimum atomic E-state index is -5.03. The number of aromatic nitrogens is 1. The van der Waals surface area contributed by atoms with Crippen LogP contribution in [0.4, 0.5) is 5.13 Å². The van der Waals surface area contributed by atoms with Gasteiger partial charge < -0.3 is 42.1 Å². The number of fused-ring (bicyclic) bond motifs is 1. The summed E-state index contributed by atoms with van der Waals surface area (Å²) in [5, 5.41) is 24.8. The molecule has 1 fully saturated rings. The molecule has 1 aromatic heterocycles. The first-order chi connectivity index (χ1) is 23.0. The maximum atomic E-state index is 13.5. The average molecular weight is 724 g/mol. The third-order valence-corrected chi connectivity index (χ3v) is 9.40. The SMILES string of the molecule is CC1(C)C(NC(=O)/C(=N\O[C@](C)(C(=O)O)[C@H]2CCc3cc(C4CN=C(NCCN)NC4)ccc3O2)c2csc(N)n2)C(=O)N1OS(=O)(=O)O. The van der Waals surface area contributed by atoms with Crippen molar-refractivity contribution in [2.24, 2.45) is 15.9 Å². The van der Waals surface area contributed by atoms with Crippen molar-refractivity contribution in [1.82, 2.24) is 26.0 Å². The van der Waals surface area contributed by atoms with Crippen LogP contribution < -0.4 is 32.2 Å². The molecule has 3 aliphatic rings. The van der Waals surface area contributed by atoms with Crippen LogP contribution in [0.5, 0.6) is 5.75 Å². The van der Waals surface area contributed by atoms with Crippen molar-refractivity contribution in [3.63, 3.8) is 0 Å². The maximum absolute atomic E-state index is 13.5. The summed E-state index contributed by atoms with van der Waals surface area (Å²) in [6.45, 7) is 6.37. The first-order valence-corrected chi connectivity index (χ1v) is 17.3. The molecule has 0 radical (unpaired) electrons. The van der Waals surface area contributed by atoms with Gasteiger partial charge in [-0.25, -0.2) is 9.78 Å². The number of ether oxygens (including phenoxy) is 1. The van der Waals surface area contributed by atoms with Crippen molar-refractivity contribution in [2.45, 2.75) is 62.8 Å². The van der Waals surface area contributed by atoms with Crippen LogP contribution in [0.25, 0.3) is 0 Å². The van der Waals surface area contributed by atoms with Crippen LogP contribution in [-0.2, 0) is 40.3 Å². The molecule has 0 spiro atoms. The molecule has 2 amide bonds. The zero-order valence-electron chi connectivity index (χ0n) is 26.7. The summed E-state index contributed by atoms with van der Waals surface area (Å²) in [4.78, 5) is 52.9. The second-order valence-corrected chi connectivity index (χ2v) is 14.1. The van der Waals surface area contributed by atoms with Crippen LogP contribution in [0.3, 0.4) is 0 Å². The smallest absolute Gasteiger partial charge is 0.418 e. The van der Waals surface area contributed by atoms with E-state index in [1.54, 1.807) is 6.07 Å². The monoisotopic (exact) mass is 723 g/mol. The number of carboxylic acid groups (broad SMARTS) is 1. The number of anilines is 1. The van der Waals surface area contributed by atoms with Gasteiger partial charge in [0.1, 0.15) is 17.5 Å². The van der Waals surface area contributed by atoms with E-state index in [1.165, 1.54) is 26.2 Å². The fourth-order valence-corrected chi connectivity index (χ4v) is 6.52. The van der Waals surface area contributed by atoms with Gasteiger partial charge in [0.2, 0.25) is 0 Å². The Bertz CT molecular complexity index is 1800. The Labute approximate surface area is 285 Å². The molecule has 19 nitrogen and oxygen atoms in total. The first kappa shape index (κ1) is 35.7. The third kappa shape index (κ3) is 7.54. The first-order valence-electron chi connectivity index (χ1n) is 15.1. The Morgan fingerprint density at radius 3 is 2.69 bits per heavy atom. The number of carbonyl (C=O) groups excluding carboxylic acids is 2. The third-order valence-electron chi connectivity index (χ3n) is 8.39. The number of hydrogen-bond donors (Lipinski definition) is 7. The van der Waals surface area contributed by atoms with Crippen molar-refractivity contribution in [3.05, 3.63) is 40.4 Å². The van der Waals surface area contributed by atoms with Gasteiger partial charge in [-0.3, -0.25) is 19.1 Å². The number of oxime groups is 1. The van der Waals surface area contributed by atoms with E-state index in [0.29, 0.717) is 49.4 Å². The molecule has 21 heteroatoms. The summed E-state index contributed by atoms with van der Waals surface area (Å²) < 4.78 is 41.8. The number of guanidine groups is 1. The van der Waals surface area contributed by atoms with Gasteiger partial charge in [0.15, 0.2) is 22.9 Å². The lowest BCUT2D eigenvalue weighted by molar-refractivity contribution is -0.218. The second kappa shape index (κ2) is 13.7. The molecule has 0 aliphatic carbocycles. The number of amides is 2. The number of aliphatic imine (C=N–C) groups is 1. The number of nitrogens with zero attached hydrogens (tertiary/aromatic N) is 4. The van der Waals surface area contributed by atoms with E-state index in [0.717, 1.165) is 22.5 Å². The predicted octanol–water partition coefficient (Wildman–Crippen LogP) is -0.886. The highest BCUT2D eigenvalue weighted by Crippen LogP contribution is 2.36. The number of aryl methyl sites for hydroxylation is 1. The Morgan fingerprint density at radius 2 is 2.10 bits per heavy atom. The number of carbonyl (C=O) groups is 3. The number of hydrogen-bond acceptors (Lipinski definition) is 16. The lowest BCUT2D eigenvalue weighted by Gasteiger charge is -2.50. The fourth-order valence-electron chi connectivity index (χ4n) is 5.52. The molecule has 0 saturated carbocycles. The van der Waals surface area contributed by atoms with E-state index in [1.807, 2.05) is 12.1 Å². The number of nitrogens with two attached hydrogens (primary N) is 2. The number of β-lactam (4-membered cyclic amide) rings is 1. The molecular formula is C28H37N9O10S2. The van der Waals surface area contributed by atoms with Gasteiger partial charge in [0.05, 0.1) is 12.1 Å². The van der Waals surface area contributed by atoms with Crippen LogP contribution in [0, 0.1) is 0 Å². The van der Waals surface area contributed by atoms with Crippen molar-refractivity contribution in [2.75, 3.05) is 31.9 Å². The van der Waals surface area contributed by atoms with Gasteiger partial charge in [-0.1, -0.05) is 17.3 Å². The van der Waals surface area contributed by atoms with Crippen LogP contribution in [-0.4, -0.2) is 107 Å². The Kier molecular flexibility index (Phi) is 10.0. The van der Waals surface area contributed by atoms with Crippen molar-refractivity contribution < 1.29 is 46.3 Å². The Hall–Kier alpha value is -4.57. The van der Waals surface area contributed by atoms with Gasteiger partial charge in [0, 0.05) is 30.9 Å². The molecule has 3 aliphatic heterocycles. The Balaban J connectivity index is 1.32. The lowest BCUT2D eigenvalue weighted by Crippen LogP contribution is -2.76. The maximum Gasteiger partial charge on any atom is 0.418 e. The zero-order chi connectivity index (χ0) is 35.7. The molecule has 2 unspecified atom stereocenters. The van der Waals surface area contributed by atoms with Gasteiger partial charge in [-0.15, -0.1) is 15.6 Å². The fraction of sp³-hybridized carbons (Fsp3) is 0.500. The molecule has 1 saturated heterocycles. The molecule has 9 N–H and O–H groups in total. The highest BCUT2D eigenvalue weighted by molar-refractivity contribution is 7.80. The summed E-state index contributed by atoms with van der Waals surface area (Å²) in [6, 6.07) is 4.36. The average Bonchev–Trinajstić information content (AvgIpc) is 3.49. The van der Waals surface area contributed by atoms with E-state index >= 15 is 0 Å². The summed E-state index contributed by atoms with van der Waals surface area (Å²) >= 11 is 0.971. The van der Waals surface area contributed by atoms with Gasteiger partial charge in [0.25, 0.3) is 17.4 Å². The standard InChI is InChI=1S/C28H37N9O10S2/c1-27(2)21(23(39)37(27)47-49(42,43)44)35-22(38)20(17-13-48-25(30)34-17)36-46-28(3,24(40)41)19-7-5-15-10-14(4-6-18(15)45-19)16-11-32-26(33-12-16)31-9-8-29/h4,6,10,13,16,19,21H,5,7-9,11-12,29H2,1-3H3,(H2,30,34)(H,35,38)(H,40,41)(H2,31,32,33)(H,42,43,44)/b36-20-/t19-,21?,28+/m1/s1. The number of thiazole rings is 1. The number of aliphatic carboxylic acids is 1. The minimum Gasteiger partial charge on any atom is -0.485 e.